The average molecular weight is 269 g/mol. The van der Waals surface area contributed by atoms with Crippen molar-refractivity contribution in [2.24, 2.45) is 5.92 Å². The molecule has 1 saturated heterocycles. The lowest BCUT2D eigenvalue weighted by molar-refractivity contribution is -0.149. The summed E-state index contributed by atoms with van der Waals surface area (Å²) in [5.74, 6) is 0.845. The summed E-state index contributed by atoms with van der Waals surface area (Å²) in [5, 5.41) is 0. The molecule has 1 fully saturated rings. The molecule has 0 saturated carbocycles. The van der Waals surface area contributed by atoms with Crippen LogP contribution in [0.15, 0.2) is 0 Å². The molecule has 112 valence electrons. The molecule has 1 heterocycles. The third-order valence-electron chi connectivity index (χ3n) is 4.14. The molecule has 0 aromatic carbocycles. The van der Waals surface area contributed by atoms with Crippen LogP contribution >= 0.6 is 0 Å². The van der Waals surface area contributed by atoms with Crippen LogP contribution in [0.4, 0.5) is 0 Å². The number of hydrogen-bond acceptors (Lipinski definition) is 3. The standard InChI is InChI=1S/C16H31NO2/c1-4-8-14-10-7-12-17(13-11-14)15(9-5-2)16(18)19-6-3/h14-15H,4-13H2,1-3H3. The Bertz CT molecular complexity index is 255. The summed E-state index contributed by atoms with van der Waals surface area (Å²) in [6.07, 6.45) is 8.38. The van der Waals surface area contributed by atoms with E-state index in [0.29, 0.717) is 6.61 Å². The molecule has 0 amide bonds. The lowest BCUT2D eigenvalue weighted by atomic mass is 9.96. The Balaban J connectivity index is 2.56. The van der Waals surface area contributed by atoms with Gasteiger partial charge in [0.25, 0.3) is 0 Å². The van der Waals surface area contributed by atoms with Gasteiger partial charge >= 0.3 is 5.97 Å². The molecule has 0 aromatic heterocycles. The van der Waals surface area contributed by atoms with E-state index in [1.54, 1.807) is 0 Å². The Hall–Kier alpha value is -0.570. The quantitative estimate of drug-likeness (QED) is 0.661. The van der Waals surface area contributed by atoms with Crippen molar-refractivity contribution in [1.29, 1.82) is 0 Å². The van der Waals surface area contributed by atoms with E-state index in [9.17, 15) is 4.79 Å². The first-order valence-electron chi connectivity index (χ1n) is 8.13. The van der Waals surface area contributed by atoms with E-state index in [1.165, 1.54) is 32.1 Å². The predicted octanol–water partition coefficient (Wildman–Crippen LogP) is 3.62. The monoisotopic (exact) mass is 269 g/mol. The Kier molecular flexibility index (Phi) is 8.11. The highest BCUT2D eigenvalue weighted by atomic mass is 16.5. The van der Waals surface area contributed by atoms with Gasteiger partial charge in [-0.15, -0.1) is 0 Å². The average Bonchev–Trinajstić information content (AvgIpc) is 2.62. The van der Waals surface area contributed by atoms with Gasteiger partial charge in [-0.05, 0) is 51.6 Å². The van der Waals surface area contributed by atoms with Crippen LogP contribution in [-0.4, -0.2) is 36.6 Å². The van der Waals surface area contributed by atoms with Crippen LogP contribution in [0.1, 0.15) is 65.7 Å². The highest BCUT2D eigenvalue weighted by Crippen LogP contribution is 2.24. The summed E-state index contributed by atoms with van der Waals surface area (Å²) in [4.78, 5) is 14.5. The van der Waals surface area contributed by atoms with Crippen LogP contribution < -0.4 is 0 Å². The molecule has 0 N–H and O–H groups in total. The van der Waals surface area contributed by atoms with E-state index in [1.807, 2.05) is 6.92 Å². The smallest absolute Gasteiger partial charge is 0.323 e. The minimum atomic E-state index is -0.0155. The van der Waals surface area contributed by atoms with Crippen molar-refractivity contribution in [3.63, 3.8) is 0 Å². The predicted molar refractivity (Wildman–Crippen MR) is 79.2 cm³/mol. The van der Waals surface area contributed by atoms with Gasteiger partial charge in [0.2, 0.25) is 0 Å². The lowest BCUT2D eigenvalue weighted by Gasteiger charge is -2.28. The summed E-state index contributed by atoms with van der Waals surface area (Å²) in [6.45, 7) is 8.91. The molecule has 1 rings (SSSR count). The van der Waals surface area contributed by atoms with Crippen LogP contribution in [-0.2, 0) is 9.53 Å². The molecule has 0 spiro atoms. The van der Waals surface area contributed by atoms with E-state index in [-0.39, 0.29) is 12.0 Å². The van der Waals surface area contributed by atoms with Gasteiger partial charge < -0.3 is 4.74 Å². The lowest BCUT2D eigenvalue weighted by Crippen LogP contribution is -2.42. The van der Waals surface area contributed by atoms with Crippen LogP contribution in [0.3, 0.4) is 0 Å². The van der Waals surface area contributed by atoms with E-state index in [4.69, 9.17) is 4.74 Å². The number of carbonyl (C=O) groups is 1. The van der Waals surface area contributed by atoms with Gasteiger partial charge in [-0.2, -0.15) is 0 Å². The molecular formula is C16H31NO2. The number of rotatable bonds is 7. The summed E-state index contributed by atoms with van der Waals surface area (Å²) in [5.41, 5.74) is 0. The second kappa shape index (κ2) is 9.35. The fourth-order valence-electron chi connectivity index (χ4n) is 3.16. The zero-order valence-corrected chi connectivity index (χ0v) is 13.0. The fraction of sp³-hybridized carbons (Fsp3) is 0.938. The summed E-state index contributed by atoms with van der Waals surface area (Å²) in [6, 6.07) is -0.00896. The topological polar surface area (TPSA) is 29.5 Å². The number of carbonyl (C=O) groups excluding carboxylic acids is 1. The van der Waals surface area contributed by atoms with Crippen LogP contribution in [0.5, 0.6) is 0 Å². The van der Waals surface area contributed by atoms with Gasteiger partial charge in [-0.25, -0.2) is 0 Å². The first-order chi connectivity index (χ1) is 9.22. The third-order valence-corrected chi connectivity index (χ3v) is 4.14. The zero-order valence-electron chi connectivity index (χ0n) is 13.0. The Morgan fingerprint density at radius 1 is 1.21 bits per heavy atom. The summed E-state index contributed by atoms with van der Waals surface area (Å²) in [7, 11) is 0. The van der Waals surface area contributed by atoms with Crippen LogP contribution in [0.25, 0.3) is 0 Å². The first-order valence-corrected chi connectivity index (χ1v) is 8.13. The van der Waals surface area contributed by atoms with Gasteiger partial charge in [-0.1, -0.05) is 33.1 Å². The van der Waals surface area contributed by atoms with Gasteiger partial charge in [0.1, 0.15) is 6.04 Å². The van der Waals surface area contributed by atoms with Crippen molar-refractivity contribution in [3.05, 3.63) is 0 Å². The summed E-state index contributed by atoms with van der Waals surface area (Å²) < 4.78 is 5.24. The molecule has 19 heavy (non-hydrogen) atoms. The van der Waals surface area contributed by atoms with E-state index in [2.05, 4.69) is 18.7 Å². The van der Waals surface area contributed by atoms with Crippen LogP contribution in [0, 0.1) is 5.92 Å². The minimum Gasteiger partial charge on any atom is -0.465 e. The highest BCUT2D eigenvalue weighted by Gasteiger charge is 2.28. The minimum absolute atomic E-state index is 0.00896. The Morgan fingerprint density at radius 2 is 2.00 bits per heavy atom. The number of nitrogens with zero attached hydrogens (tertiary/aromatic N) is 1. The largest absolute Gasteiger partial charge is 0.465 e. The molecule has 3 nitrogen and oxygen atoms in total. The third kappa shape index (κ3) is 5.52. The van der Waals surface area contributed by atoms with Crippen molar-refractivity contribution >= 4 is 5.97 Å². The maximum absolute atomic E-state index is 12.1. The maximum atomic E-state index is 12.1. The van der Waals surface area contributed by atoms with Crippen molar-refractivity contribution in [2.75, 3.05) is 19.7 Å². The second-order valence-electron chi connectivity index (χ2n) is 5.68. The second-order valence-corrected chi connectivity index (χ2v) is 5.68. The molecule has 1 aliphatic rings. The molecule has 3 heteroatoms. The molecule has 0 bridgehead atoms. The van der Waals surface area contributed by atoms with Crippen molar-refractivity contribution in [1.82, 2.24) is 4.90 Å². The molecular weight excluding hydrogens is 238 g/mol. The van der Waals surface area contributed by atoms with Crippen molar-refractivity contribution in [3.8, 4) is 0 Å². The molecule has 0 aromatic rings. The number of esters is 1. The van der Waals surface area contributed by atoms with Gasteiger partial charge in [-0.3, -0.25) is 9.69 Å². The number of likely N-dealkylation sites (tertiary alicyclic amines) is 1. The Labute approximate surface area is 118 Å². The fourth-order valence-corrected chi connectivity index (χ4v) is 3.16. The van der Waals surface area contributed by atoms with Gasteiger partial charge in [0.05, 0.1) is 6.61 Å². The highest BCUT2D eigenvalue weighted by molar-refractivity contribution is 5.75. The SMILES string of the molecule is CCCC1CCCN(C(CCC)C(=O)OCC)CC1. The molecule has 1 aliphatic heterocycles. The first kappa shape index (κ1) is 16.5. The van der Waals surface area contributed by atoms with Crippen molar-refractivity contribution in [2.45, 2.75) is 71.8 Å². The Morgan fingerprint density at radius 3 is 2.63 bits per heavy atom. The molecule has 2 atom stereocenters. The van der Waals surface area contributed by atoms with E-state index < -0.39 is 0 Å². The van der Waals surface area contributed by atoms with E-state index in [0.717, 1.165) is 31.8 Å². The normalized spacial score (nSPS) is 22.8. The van der Waals surface area contributed by atoms with Crippen LogP contribution in [0.2, 0.25) is 0 Å². The maximum Gasteiger partial charge on any atom is 0.323 e. The molecule has 0 radical (unpaired) electrons. The van der Waals surface area contributed by atoms with Gasteiger partial charge in [0, 0.05) is 0 Å². The zero-order chi connectivity index (χ0) is 14.1. The van der Waals surface area contributed by atoms with Crippen molar-refractivity contribution < 1.29 is 9.53 Å². The van der Waals surface area contributed by atoms with Gasteiger partial charge in [0.15, 0.2) is 0 Å². The molecule has 0 aliphatic carbocycles. The van der Waals surface area contributed by atoms with E-state index >= 15 is 0 Å². The number of hydrogen-bond donors (Lipinski definition) is 0. The molecule has 2 unspecified atom stereocenters. The summed E-state index contributed by atoms with van der Waals surface area (Å²) >= 11 is 0. The number of ether oxygens (including phenoxy) is 1.